The highest BCUT2D eigenvalue weighted by Gasteiger charge is 2.11. The van der Waals surface area contributed by atoms with Gasteiger partial charge in [0.25, 0.3) is 11.6 Å². The molecule has 0 fully saturated rings. The molecule has 0 unspecified atom stereocenters. The predicted molar refractivity (Wildman–Crippen MR) is 97.8 cm³/mol. The molecule has 9 heteroatoms. The number of hydrogen-bond donors (Lipinski definition) is 1. The van der Waals surface area contributed by atoms with E-state index < -0.39 is 16.8 Å². The number of rotatable bonds is 8. The second-order valence-electron chi connectivity index (χ2n) is 5.43. The van der Waals surface area contributed by atoms with Gasteiger partial charge in [0, 0.05) is 34.8 Å². The van der Waals surface area contributed by atoms with E-state index in [2.05, 4.69) is 5.32 Å². The van der Waals surface area contributed by atoms with Crippen LogP contribution >= 0.6 is 11.6 Å². The number of carbonyl (C=O) groups is 2. The van der Waals surface area contributed by atoms with Crippen molar-refractivity contribution in [3.63, 3.8) is 0 Å². The van der Waals surface area contributed by atoms with Gasteiger partial charge < -0.3 is 14.8 Å². The Morgan fingerprint density at radius 3 is 2.52 bits per heavy atom. The lowest BCUT2D eigenvalue weighted by Crippen LogP contribution is -2.26. The Balaban J connectivity index is 1.78. The highest BCUT2D eigenvalue weighted by atomic mass is 35.5. The van der Waals surface area contributed by atoms with Crippen LogP contribution in [0.4, 0.5) is 5.69 Å². The Morgan fingerprint density at radius 1 is 1.19 bits per heavy atom. The zero-order chi connectivity index (χ0) is 19.8. The van der Waals surface area contributed by atoms with E-state index in [1.807, 2.05) is 0 Å². The summed E-state index contributed by atoms with van der Waals surface area (Å²) in [7, 11) is 1.50. The van der Waals surface area contributed by atoms with Crippen LogP contribution in [0.25, 0.3) is 0 Å². The van der Waals surface area contributed by atoms with Crippen molar-refractivity contribution in [2.45, 2.75) is 13.0 Å². The van der Waals surface area contributed by atoms with Gasteiger partial charge in [-0.05, 0) is 30.3 Å². The van der Waals surface area contributed by atoms with E-state index in [0.717, 1.165) is 0 Å². The summed E-state index contributed by atoms with van der Waals surface area (Å²) in [5, 5.41) is 13.6. The second kappa shape index (κ2) is 9.54. The Labute approximate surface area is 160 Å². The summed E-state index contributed by atoms with van der Waals surface area (Å²) in [6, 6.07) is 10.1. The van der Waals surface area contributed by atoms with E-state index in [1.54, 1.807) is 18.2 Å². The Kier molecular flexibility index (Phi) is 7.13. The van der Waals surface area contributed by atoms with Crippen LogP contribution in [0, 0.1) is 10.1 Å². The number of halogens is 1. The Bertz CT molecular complexity index is 838. The smallest absolute Gasteiger partial charge is 0.307 e. The fourth-order valence-electron chi connectivity index (χ4n) is 2.21. The fraction of sp³-hybridized carbons (Fsp3) is 0.222. The van der Waals surface area contributed by atoms with Gasteiger partial charge in [-0.15, -0.1) is 0 Å². The van der Waals surface area contributed by atoms with E-state index in [-0.39, 0.29) is 30.8 Å². The third kappa shape index (κ3) is 5.96. The van der Waals surface area contributed by atoms with Gasteiger partial charge in [0.2, 0.25) is 0 Å². The number of ether oxygens (including phenoxy) is 2. The third-order valence-electron chi connectivity index (χ3n) is 3.59. The van der Waals surface area contributed by atoms with Crippen molar-refractivity contribution in [3.05, 3.63) is 68.7 Å². The lowest BCUT2D eigenvalue weighted by atomic mass is 10.2. The maximum atomic E-state index is 11.9. The summed E-state index contributed by atoms with van der Waals surface area (Å²) in [6.45, 7) is 0.0696. The van der Waals surface area contributed by atoms with Crippen molar-refractivity contribution in [2.75, 3.05) is 13.7 Å². The molecule has 142 valence electrons. The number of nitrogens with one attached hydrogen (secondary N) is 1. The van der Waals surface area contributed by atoms with E-state index in [9.17, 15) is 19.7 Å². The van der Waals surface area contributed by atoms with Crippen LogP contribution < -0.4 is 10.1 Å². The molecule has 1 amide bonds. The molecule has 0 saturated heterocycles. The molecule has 0 aliphatic carbocycles. The van der Waals surface area contributed by atoms with E-state index >= 15 is 0 Å². The van der Waals surface area contributed by atoms with Gasteiger partial charge in [-0.25, -0.2) is 0 Å². The van der Waals surface area contributed by atoms with Crippen LogP contribution in [-0.2, 0) is 16.1 Å². The Hall–Kier alpha value is -3.13. The molecule has 0 saturated carbocycles. The molecule has 2 rings (SSSR count). The van der Waals surface area contributed by atoms with Crippen LogP contribution in [0.3, 0.4) is 0 Å². The molecule has 0 spiro atoms. The first-order valence-electron chi connectivity index (χ1n) is 7.91. The normalized spacial score (nSPS) is 10.1. The molecule has 1 N–H and O–H groups in total. The van der Waals surface area contributed by atoms with Gasteiger partial charge in [-0.1, -0.05) is 11.6 Å². The highest BCUT2D eigenvalue weighted by Crippen LogP contribution is 2.23. The summed E-state index contributed by atoms with van der Waals surface area (Å²) >= 11 is 5.91. The van der Waals surface area contributed by atoms with Crippen molar-refractivity contribution in [1.82, 2.24) is 5.32 Å². The van der Waals surface area contributed by atoms with Crippen molar-refractivity contribution >= 4 is 29.2 Å². The largest absolute Gasteiger partial charge is 0.496 e. The minimum absolute atomic E-state index is 0.00113. The van der Waals surface area contributed by atoms with Crippen LogP contribution in [0.15, 0.2) is 42.5 Å². The average molecular weight is 393 g/mol. The zero-order valence-corrected chi connectivity index (χ0v) is 15.2. The van der Waals surface area contributed by atoms with Gasteiger partial charge in [-0.3, -0.25) is 19.7 Å². The maximum Gasteiger partial charge on any atom is 0.307 e. The van der Waals surface area contributed by atoms with Gasteiger partial charge in [0.05, 0.1) is 18.5 Å². The highest BCUT2D eigenvalue weighted by molar-refractivity contribution is 6.30. The summed E-state index contributed by atoms with van der Waals surface area (Å²) in [5.41, 5.74) is 0.789. The molecule has 0 atom stereocenters. The van der Waals surface area contributed by atoms with Crippen LogP contribution in [0.1, 0.15) is 22.3 Å². The molecule has 0 aliphatic heterocycles. The van der Waals surface area contributed by atoms with Crippen LogP contribution in [0.5, 0.6) is 5.75 Å². The number of methoxy groups -OCH3 is 1. The Morgan fingerprint density at radius 2 is 1.89 bits per heavy atom. The standard InChI is InChI=1S/C18H17ClN2O6/c1-26-16-7-4-14(19)10-13(16)11-27-17(22)8-9-20-18(23)12-2-5-15(6-3-12)21(24)25/h2-7,10H,8-9,11H2,1H3,(H,20,23). The molecule has 0 radical (unpaired) electrons. The number of nitro groups is 1. The molecule has 2 aromatic rings. The van der Waals surface area contributed by atoms with Crippen LogP contribution in [0.2, 0.25) is 5.02 Å². The molecule has 2 aromatic carbocycles. The van der Waals surface area contributed by atoms with Crippen molar-refractivity contribution in [3.8, 4) is 5.75 Å². The van der Waals surface area contributed by atoms with Crippen LogP contribution in [-0.4, -0.2) is 30.5 Å². The molecule has 0 heterocycles. The van der Waals surface area contributed by atoms with Crippen molar-refractivity contribution in [2.24, 2.45) is 0 Å². The number of nitro benzene ring substituents is 1. The van der Waals surface area contributed by atoms with E-state index in [0.29, 0.717) is 16.3 Å². The lowest BCUT2D eigenvalue weighted by molar-refractivity contribution is -0.384. The first-order chi connectivity index (χ1) is 12.9. The summed E-state index contributed by atoms with van der Waals surface area (Å²) < 4.78 is 10.3. The van der Waals surface area contributed by atoms with Crippen molar-refractivity contribution < 1.29 is 24.0 Å². The van der Waals surface area contributed by atoms with Gasteiger partial charge in [0.1, 0.15) is 12.4 Å². The third-order valence-corrected chi connectivity index (χ3v) is 3.82. The summed E-state index contributed by atoms with van der Waals surface area (Å²) in [6.07, 6.45) is -0.0262. The number of esters is 1. The lowest BCUT2D eigenvalue weighted by Gasteiger charge is -2.10. The SMILES string of the molecule is COc1ccc(Cl)cc1COC(=O)CCNC(=O)c1ccc([N+](=O)[O-])cc1. The maximum absolute atomic E-state index is 11.9. The topological polar surface area (TPSA) is 108 Å². The van der Waals surface area contributed by atoms with E-state index in [4.69, 9.17) is 21.1 Å². The number of non-ortho nitro benzene ring substituents is 1. The zero-order valence-electron chi connectivity index (χ0n) is 14.4. The molecule has 0 bridgehead atoms. The van der Waals surface area contributed by atoms with Gasteiger partial charge in [0.15, 0.2) is 0 Å². The number of carbonyl (C=O) groups excluding carboxylic acids is 2. The number of nitrogens with zero attached hydrogens (tertiary/aromatic N) is 1. The molecular weight excluding hydrogens is 376 g/mol. The van der Waals surface area contributed by atoms with Crippen molar-refractivity contribution in [1.29, 1.82) is 0 Å². The molecule has 27 heavy (non-hydrogen) atoms. The number of benzene rings is 2. The quantitative estimate of drug-likeness (QED) is 0.420. The molecular formula is C18H17ClN2O6. The minimum atomic E-state index is -0.549. The first kappa shape index (κ1) is 20.2. The fourth-order valence-corrected chi connectivity index (χ4v) is 2.40. The molecule has 8 nitrogen and oxygen atoms in total. The average Bonchev–Trinajstić information content (AvgIpc) is 2.66. The molecule has 0 aliphatic rings. The summed E-state index contributed by atoms with van der Waals surface area (Å²) in [5.74, 6) is -0.381. The first-order valence-corrected chi connectivity index (χ1v) is 8.29. The van der Waals surface area contributed by atoms with Gasteiger partial charge >= 0.3 is 5.97 Å². The second-order valence-corrected chi connectivity index (χ2v) is 5.86. The predicted octanol–water partition coefficient (Wildman–Crippen LogP) is 3.12. The monoisotopic (exact) mass is 392 g/mol. The number of hydrogen-bond acceptors (Lipinski definition) is 6. The minimum Gasteiger partial charge on any atom is -0.496 e. The molecule has 0 aromatic heterocycles. The van der Waals surface area contributed by atoms with Gasteiger partial charge in [-0.2, -0.15) is 0 Å². The summed E-state index contributed by atoms with van der Waals surface area (Å²) in [4.78, 5) is 33.8. The number of amides is 1. The van der Waals surface area contributed by atoms with E-state index in [1.165, 1.54) is 31.4 Å².